The first-order valence-electron chi connectivity index (χ1n) is 11.5. The molecule has 0 unspecified atom stereocenters. The van der Waals surface area contributed by atoms with Crippen LogP contribution < -0.4 is 0 Å². The lowest BCUT2D eigenvalue weighted by molar-refractivity contribution is -0.198. The van der Waals surface area contributed by atoms with Crippen molar-refractivity contribution in [1.82, 2.24) is 20.1 Å². The van der Waals surface area contributed by atoms with E-state index >= 15 is 0 Å². The molecule has 0 bridgehead atoms. The summed E-state index contributed by atoms with van der Waals surface area (Å²) in [7, 11) is 0. The van der Waals surface area contributed by atoms with Crippen molar-refractivity contribution in [3.63, 3.8) is 0 Å². The summed E-state index contributed by atoms with van der Waals surface area (Å²) in [5.41, 5.74) is 0. The van der Waals surface area contributed by atoms with Gasteiger partial charge in [-0.25, -0.2) is 14.4 Å². The average Bonchev–Trinajstić information content (AvgIpc) is 3.46. The predicted octanol–water partition coefficient (Wildman–Crippen LogP) is -1.72. The van der Waals surface area contributed by atoms with Crippen molar-refractivity contribution in [3.8, 4) is 0 Å². The molecule has 3 heterocycles. The second kappa shape index (κ2) is 12.2. The zero-order valence-corrected chi connectivity index (χ0v) is 19.7. The number of rotatable bonds is 12. The zero-order chi connectivity index (χ0) is 27.1. The predicted molar refractivity (Wildman–Crippen MR) is 112 cm³/mol. The van der Waals surface area contributed by atoms with Gasteiger partial charge in [0.05, 0.1) is 19.3 Å². The lowest BCUT2D eigenvalue weighted by Gasteiger charge is -2.22. The maximum atomic E-state index is 12.1. The molecule has 3 rings (SSSR count). The highest BCUT2D eigenvalue weighted by atomic mass is 16.7. The van der Waals surface area contributed by atoms with E-state index < -0.39 is 53.4 Å². The van der Waals surface area contributed by atoms with Crippen molar-refractivity contribution in [2.45, 2.75) is 57.8 Å². The van der Waals surface area contributed by atoms with E-state index in [9.17, 15) is 43.2 Å². The number of amides is 6. The lowest BCUT2D eigenvalue weighted by Crippen LogP contribution is -2.37. The Kier molecular flexibility index (Phi) is 9.00. The average molecular weight is 524 g/mol. The van der Waals surface area contributed by atoms with Gasteiger partial charge in [-0.3, -0.25) is 28.8 Å². The summed E-state index contributed by atoms with van der Waals surface area (Å²) in [4.78, 5) is 122. The molecule has 0 aromatic carbocycles. The van der Waals surface area contributed by atoms with Gasteiger partial charge in [-0.05, 0) is 0 Å². The van der Waals surface area contributed by atoms with Gasteiger partial charge < -0.3 is 19.4 Å². The Morgan fingerprint density at radius 2 is 0.703 bits per heavy atom. The Morgan fingerprint density at radius 1 is 0.486 bits per heavy atom. The van der Waals surface area contributed by atoms with Crippen LogP contribution in [0, 0.1) is 0 Å². The molecular formula is C21H24N4O12. The van der Waals surface area contributed by atoms with Crippen molar-refractivity contribution >= 4 is 53.4 Å². The van der Waals surface area contributed by atoms with Crippen LogP contribution in [0.4, 0.5) is 0 Å². The normalized spacial score (nSPS) is 17.9. The van der Waals surface area contributed by atoms with Gasteiger partial charge in [0.15, 0.2) is 0 Å². The van der Waals surface area contributed by atoms with Gasteiger partial charge in [-0.2, -0.15) is 0 Å². The molecular weight excluding hydrogens is 500 g/mol. The fraction of sp³-hybridized carbons (Fsp3) is 0.571. The van der Waals surface area contributed by atoms with E-state index in [0.717, 1.165) is 0 Å². The summed E-state index contributed by atoms with van der Waals surface area (Å²) >= 11 is 0. The Labute approximate surface area is 209 Å². The first-order chi connectivity index (χ1) is 17.5. The number of hydrogen-bond donors (Lipinski definition) is 0. The molecule has 0 aromatic heterocycles. The fourth-order valence-electron chi connectivity index (χ4n) is 3.50. The number of imide groups is 3. The first kappa shape index (κ1) is 27.4. The molecule has 16 heteroatoms. The van der Waals surface area contributed by atoms with E-state index in [1.54, 1.807) is 0 Å². The molecule has 0 aromatic rings. The van der Waals surface area contributed by atoms with E-state index in [2.05, 4.69) is 0 Å². The number of carbonyl (C=O) groups excluding carboxylic acids is 9. The van der Waals surface area contributed by atoms with Gasteiger partial charge >= 0.3 is 17.9 Å². The third kappa shape index (κ3) is 7.39. The van der Waals surface area contributed by atoms with E-state index in [0.29, 0.717) is 15.2 Å². The Morgan fingerprint density at radius 3 is 0.919 bits per heavy atom. The maximum absolute atomic E-state index is 12.1. The summed E-state index contributed by atoms with van der Waals surface area (Å²) in [5, 5.41) is 1.15. The summed E-state index contributed by atoms with van der Waals surface area (Å²) in [5.74, 6) is -6.68. The van der Waals surface area contributed by atoms with Crippen molar-refractivity contribution in [1.29, 1.82) is 0 Å². The minimum atomic E-state index is -0.916. The highest BCUT2D eigenvalue weighted by Crippen LogP contribution is 2.15. The van der Waals surface area contributed by atoms with Crippen LogP contribution in [0.5, 0.6) is 0 Å². The Balaban J connectivity index is 1.52. The quantitative estimate of drug-likeness (QED) is 0.262. The number of nitrogens with zero attached hydrogens (tertiary/aromatic N) is 4. The highest BCUT2D eigenvalue weighted by molar-refractivity contribution is 6.02. The van der Waals surface area contributed by atoms with Crippen molar-refractivity contribution < 1.29 is 57.7 Å². The molecule has 200 valence electrons. The number of hydroxylamine groups is 6. The molecule has 0 spiro atoms. The third-order valence-electron chi connectivity index (χ3n) is 5.49. The van der Waals surface area contributed by atoms with E-state index in [1.165, 1.54) is 4.90 Å². The largest absolute Gasteiger partial charge is 0.334 e. The Hall–Kier alpha value is -4.21. The molecule has 0 radical (unpaired) electrons. The summed E-state index contributed by atoms with van der Waals surface area (Å²) in [6, 6.07) is 0. The molecule has 0 saturated carbocycles. The summed E-state index contributed by atoms with van der Waals surface area (Å²) in [6.07, 6.45) is -1.48. The van der Waals surface area contributed by atoms with Gasteiger partial charge in [0, 0.05) is 58.2 Å². The van der Waals surface area contributed by atoms with Crippen molar-refractivity contribution in [2.75, 3.05) is 19.6 Å². The molecule has 6 amide bonds. The van der Waals surface area contributed by atoms with E-state index in [4.69, 9.17) is 14.5 Å². The molecule has 0 atom stereocenters. The second-order valence-corrected chi connectivity index (χ2v) is 8.23. The molecule has 37 heavy (non-hydrogen) atoms. The molecule has 3 fully saturated rings. The molecule has 3 aliphatic heterocycles. The topological polar surface area (TPSA) is 194 Å². The van der Waals surface area contributed by atoms with Gasteiger partial charge in [-0.1, -0.05) is 0 Å². The van der Waals surface area contributed by atoms with Crippen LogP contribution in [0.2, 0.25) is 0 Å². The zero-order valence-electron chi connectivity index (χ0n) is 19.7. The summed E-state index contributed by atoms with van der Waals surface area (Å²) < 4.78 is 0. The fourth-order valence-corrected chi connectivity index (χ4v) is 3.50. The van der Waals surface area contributed by atoms with Crippen LogP contribution in [0.25, 0.3) is 0 Å². The highest BCUT2D eigenvalue weighted by Gasteiger charge is 2.35. The first-order valence-corrected chi connectivity index (χ1v) is 11.5. The number of hydrogen-bond acceptors (Lipinski definition) is 13. The Bertz CT molecular complexity index is 864. The van der Waals surface area contributed by atoms with Gasteiger partial charge in [0.1, 0.15) is 0 Å². The van der Waals surface area contributed by atoms with Crippen LogP contribution in [-0.2, 0) is 57.7 Å². The minimum Gasteiger partial charge on any atom is -0.330 e. The summed E-state index contributed by atoms with van der Waals surface area (Å²) in [6.45, 7) is -0.295. The van der Waals surface area contributed by atoms with Gasteiger partial charge in [0.25, 0.3) is 35.4 Å². The maximum Gasteiger partial charge on any atom is 0.334 e. The third-order valence-corrected chi connectivity index (χ3v) is 5.49. The van der Waals surface area contributed by atoms with Crippen LogP contribution in [0.15, 0.2) is 0 Å². The molecule has 0 aliphatic carbocycles. The second-order valence-electron chi connectivity index (χ2n) is 8.23. The van der Waals surface area contributed by atoms with E-state index in [1.807, 2.05) is 0 Å². The molecule has 3 aliphatic rings. The van der Waals surface area contributed by atoms with Crippen LogP contribution in [-0.4, -0.2) is 93.1 Å². The monoisotopic (exact) mass is 524 g/mol. The van der Waals surface area contributed by atoms with Crippen LogP contribution >= 0.6 is 0 Å². The van der Waals surface area contributed by atoms with Gasteiger partial charge in [0.2, 0.25) is 0 Å². The minimum absolute atomic E-state index is 0.0769. The molecule has 16 nitrogen and oxygen atoms in total. The van der Waals surface area contributed by atoms with E-state index in [-0.39, 0.29) is 77.4 Å². The van der Waals surface area contributed by atoms with Gasteiger partial charge in [-0.15, -0.1) is 15.2 Å². The smallest absolute Gasteiger partial charge is 0.330 e. The SMILES string of the molecule is O=C(CCN(CCC(=O)ON1C(=O)CCC1=O)CCC(=O)ON1C(=O)CCC1=O)ON1C(=O)CCC1=O. The van der Waals surface area contributed by atoms with Crippen molar-refractivity contribution in [2.24, 2.45) is 0 Å². The molecule has 3 saturated heterocycles. The number of carbonyl (C=O) groups is 9. The standard InChI is InChI=1S/C21H24N4O12/c26-13-1-2-14(27)23(13)35-19(32)7-10-22(11-8-20(33)36-24-15(28)3-4-16(24)29)12-9-21(34)37-25-17(30)5-6-18(25)31/h1-12H2. The lowest BCUT2D eigenvalue weighted by atomic mass is 10.3. The molecule has 0 N–H and O–H groups in total. The van der Waals surface area contributed by atoms with Crippen LogP contribution in [0.1, 0.15) is 57.8 Å². The van der Waals surface area contributed by atoms with Crippen molar-refractivity contribution in [3.05, 3.63) is 0 Å². The van der Waals surface area contributed by atoms with Crippen LogP contribution in [0.3, 0.4) is 0 Å².